The van der Waals surface area contributed by atoms with E-state index in [1.165, 1.54) is 6.42 Å². The Kier molecular flexibility index (Phi) is 2.49. The number of nitrogens with two attached hydrogens (primary N) is 1. The average Bonchev–Trinajstić information content (AvgIpc) is 1.86. The molecule has 0 spiro atoms. The van der Waals surface area contributed by atoms with Crippen LogP contribution < -0.4 is 5.73 Å². The summed E-state index contributed by atoms with van der Waals surface area (Å²) in [7, 11) is 0. The Bertz CT molecular complexity index is 85.0. The average molecular weight is 129 g/mol. The van der Waals surface area contributed by atoms with Gasteiger partial charge in [0, 0.05) is 0 Å². The Balaban J connectivity index is 1.99. The zero-order chi connectivity index (χ0) is 6.69. The molecule has 1 saturated carbocycles. The third kappa shape index (κ3) is 1.66. The van der Waals surface area contributed by atoms with Crippen LogP contribution in [0.15, 0.2) is 0 Å². The lowest BCUT2D eigenvalue weighted by molar-refractivity contribution is 0.0188. The summed E-state index contributed by atoms with van der Waals surface area (Å²) in [5, 5.41) is 9.09. The Hall–Kier alpha value is -0.0800. The van der Waals surface area contributed by atoms with Crippen LogP contribution in [0.1, 0.15) is 25.7 Å². The number of hydrogen-bond acceptors (Lipinski definition) is 2. The minimum atomic E-state index is -0.00319. The molecule has 0 amide bonds. The molecule has 1 aliphatic rings. The van der Waals surface area contributed by atoms with Gasteiger partial charge in [-0.25, -0.2) is 0 Å². The maximum Gasteiger partial charge on any atom is 0.0568 e. The zero-order valence-electron chi connectivity index (χ0n) is 5.71. The van der Waals surface area contributed by atoms with Crippen molar-refractivity contribution in [2.24, 2.45) is 11.7 Å². The summed E-state index contributed by atoms with van der Waals surface area (Å²) in [4.78, 5) is 0. The molecular weight excluding hydrogens is 114 g/mol. The van der Waals surface area contributed by atoms with E-state index in [9.17, 15) is 0 Å². The van der Waals surface area contributed by atoms with Gasteiger partial charge in [0.1, 0.15) is 0 Å². The van der Waals surface area contributed by atoms with Crippen molar-refractivity contribution in [1.82, 2.24) is 0 Å². The maximum atomic E-state index is 9.09. The van der Waals surface area contributed by atoms with Gasteiger partial charge in [0.2, 0.25) is 0 Å². The van der Waals surface area contributed by atoms with Crippen LogP contribution in [0.2, 0.25) is 0 Å². The van der Waals surface area contributed by atoms with E-state index in [-0.39, 0.29) is 6.10 Å². The van der Waals surface area contributed by atoms with E-state index in [1.807, 2.05) is 0 Å². The molecule has 0 bridgehead atoms. The van der Waals surface area contributed by atoms with Crippen molar-refractivity contribution in [1.29, 1.82) is 0 Å². The van der Waals surface area contributed by atoms with Crippen LogP contribution in [-0.4, -0.2) is 17.8 Å². The fraction of sp³-hybridized carbons (Fsp3) is 1.00. The summed E-state index contributed by atoms with van der Waals surface area (Å²) in [6.45, 7) is 0.767. The molecule has 1 fully saturated rings. The SMILES string of the molecule is NCCC[C@H]1CC[C@H]1O. The van der Waals surface area contributed by atoms with Crippen molar-refractivity contribution in [3.05, 3.63) is 0 Å². The van der Waals surface area contributed by atoms with E-state index >= 15 is 0 Å². The lowest BCUT2D eigenvalue weighted by Gasteiger charge is -2.32. The summed E-state index contributed by atoms with van der Waals surface area (Å²) in [6, 6.07) is 0. The highest BCUT2D eigenvalue weighted by Crippen LogP contribution is 2.30. The molecule has 0 heterocycles. The van der Waals surface area contributed by atoms with Gasteiger partial charge in [-0.3, -0.25) is 0 Å². The molecule has 0 aromatic heterocycles. The standard InChI is InChI=1S/C7H15NO/c8-5-1-2-6-3-4-7(6)9/h6-7,9H,1-5,8H2/t6-,7+/m0/s1. The zero-order valence-corrected chi connectivity index (χ0v) is 5.71. The normalized spacial score (nSPS) is 34.0. The minimum absolute atomic E-state index is 0.00319. The molecule has 2 atom stereocenters. The summed E-state index contributed by atoms with van der Waals surface area (Å²) in [5.74, 6) is 0.577. The first-order chi connectivity index (χ1) is 4.34. The van der Waals surface area contributed by atoms with E-state index in [0.717, 1.165) is 25.8 Å². The largest absolute Gasteiger partial charge is 0.393 e. The Labute approximate surface area is 56.1 Å². The predicted molar refractivity (Wildman–Crippen MR) is 37.0 cm³/mol. The van der Waals surface area contributed by atoms with Gasteiger partial charge in [0.15, 0.2) is 0 Å². The highest BCUT2D eigenvalue weighted by molar-refractivity contribution is 4.79. The van der Waals surface area contributed by atoms with Crippen molar-refractivity contribution >= 4 is 0 Å². The van der Waals surface area contributed by atoms with E-state index in [4.69, 9.17) is 10.8 Å². The van der Waals surface area contributed by atoms with Crippen LogP contribution in [0.3, 0.4) is 0 Å². The third-order valence-corrected chi connectivity index (χ3v) is 2.16. The van der Waals surface area contributed by atoms with Gasteiger partial charge < -0.3 is 10.8 Å². The Morgan fingerprint density at radius 3 is 2.56 bits per heavy atom. The fourth-order valence-corrected chi connectivity index (χ4v) is 1.27. The van der Waals surface area contributed by atoms with E-state index < -0.39 is 0 Å². The highest BCUT2D eigenvalue weighted by Gasteiger charge is 2.27. The number of hydrogen-bond donors (Lipinski definition) is 2. The molecule has 0 radical (unpaired) electrons. The van der Waals surface area contributed by atoms with Crippen LogP contribution in [0.5, 0.6) is 0 Å². The van der Waals surface area contributed by atoms with Gasteiger partial charge in [-0.2, -0.15) is 0 Å². The molecular formula is C7H15NO. The predicted octanol–water partition coefficient (Wildman–Crippen LogP) is 0.496. The van der Waals surface area contributed by atoms with Gasteiger partial charge in [-0.15, -0.1) is 0 Å². The van der Waals surface area contributed by atoms with Gasteiger partial charge >= 0.3 is 0 Å². The molecule has 0 aromatic carbocycles. The lowest BCUT2D eigenvalue weighted by atomic mass is 9.79. The molecule has 2 nitrogen and oxygen atoms in total. The first kappa shape index (κ1) is 7.03. The highest BCUT2D eigenvalue weighted by atomic mass is 16.3. The van der Waals surface area contributed by atoms with Gasteiger partial charge in [0.05, 0.1) is 6.10 Å². The quantitative estimate of drug-likeness (QED) is 0.582. The minimum Gasteiger partial charge on any atom is -0.393 e. The lowest BCUT2D eigenvalue weighted by Crippen LogP contribution is -2.31. The summed E-state index contributed by atoms with van der Waals surface area (Å²) in [5.41, 5.74) is 5.32. The van der Waals surface area contributed by atoms with Gasteiger partial charge in [-0.05, 0) is 38.1 Å². The first-order valence-electron chi connectivity index (χ1n) is 3.72. The molecule has 0 unspecified atom stereocenters. The molecule has 2 heteroatoms. The molecule has 0 saturated heterocycles. The molecule has 0 aliphatic heterocycles. The van der Waals surface area contributed by atoms with Gasteiger partial charge in [0.25, 0.3) is 0 Å². The second-order valence-corrected chi connectivity index (χ2v) is 2.84. The maximum absolute atomic E-state index is 9.09. The summed E-state index contributed by atoms with van der Waals surface area (Å²) < 4.78 is 0. The Morgan fingerprint density at radius 1 is 1.44 bits per heavy atom. The number of aliphatic hydroxyl groups is 1. The summed E-state index contributed by atoms with van der Waals surface area (Å²) in [6.07, 6.45) is 4.41. The van der Waals surface area contributed by atoms with E-state index in [2.05, 4.69) is 0 Å². The van der Waals surface area contributed by atoms with Crippen LogP contribution >= 0.6 is 0 Å². The first-order valence-corrected chi connectivity index (χ1v) is 3.72. The van der Waals surface area contributed by atoms with Crippen molar-refractivity contribution in [3.8, 4) is 0 Å². The molecule has 54 valence electrons. The van der Waals surface area contributed by atoms with E-state index in [1.54, 1.807) is 0 Å². The molecule has 3 N–H and O–H groups in total. The smallest absolute Gasteiger partial charge is 0.0568 e. The monoisotopic (exact) mass is 129 g/mol. The molecule has 1 aliphatic carbocycles. The van der Waals surface area contributed by atoms with Crippen molar-refractivity contribution < 1.29 is 5.11 Å². The fourth-order valence-electron chi connectivity index (χ4n) is 1.27. The van der Waals surface area contributed by atoms with Crippen LogP contribution in [-0.2, 0) is 0 Å². The number of rotatable bonds is 3. The van der Waals surface area contributed by atoms with Crippen molar-refractivity contribution in [3.63, 3.8) is 0 Å². The van der Waals surface area contributed by atoms with Crippen LogP contribution in [0, 0.1) is 5.92 Å². The van der Waals surface area contributed by atoms with Crippen LogP contribution in [0.25, 0.3) is 0 Å². The van der Waals surface area contributed by atoms with Crippen molar-refractivity contribution in [2.45, 2.75) is 31.8 Å². The third-order valence-electron chi connectivity index (χ3n) is 2.16. The van der Waals surface area contributed by atoms with Crippen LogP contribution in [0.4, 0.5) is 0 Å². The molecule has 0 aromatic rings. The number of aliphatic hydroxyl groups excluding tert-OH is 1. The molecule has 9 heavy (non-hydrogen) atoms. The van der Waals surface area contributed by atoms with Crippen molar-refractivity contribution in [2.75, 3.05) is 6.54 Å². The van der Waals surface area contributed by atoms with Gasteiger partial charge in [-0.1, -0.05) is 0 Å². The second-order valence-electron chi connectivity index (χ2n) is 2.84. The summed E-state index contributed by atoms with van der Waals surface area (Å²) >= 11 is 0. The van der Waals surface area contributed by atoms with E-state index in [0.29, 0.717) is 5.92 Å². The second kappa shape index (κ2) is 3.18. The Morgan fingerprint density at radius 2 is 2.22 bits per heavy atom. The topological polar surface area (TPSA) is 46.2 Å². The molecule has 1 rings (SSSR count).